The second-order valence-corrected chi connectivity index (χ2v) is 4.40. The number of nitro groups is 1. The van der Waals surface area contributed by atoms with Crippen LogP contribution in [0.1, 0.15) is 29.8 Å². The molecule has 0 saturated heterocycles. The van der Waals surface area contributed by atoms with Gasteiger partial charge in [-0.1, -0.05) is 6.07 Å². The molecule has 0 heterocycles. The van der Waals surface area contributed by atoms with Crippen LogP contribution in [0.15, 0.2) is 18.2 Å². The summed E-state index contributed by atoms with van der Waals surface area (Å²) >= 11 is 0. The Kier molecular flexibility index (Phi) is 5.83. The van der Waals surface area contributed by atoms with Gasteiger partial charge < -0.3 is 9.64 Å². The average Bonchev–Trinajstić information content (AvgIpc) is 2.43. The van der Waals surface area contributed by atoms with Crippen LogP contribution in [0.5, 0.6) is 0 Å². The lowest BCUT2D eigenvalue weighted by Crippen LogP contribution is -2.36. The molecule has 0 aliphatic rings. The van der Waals surface area contributed by atoms with Crippen LogP contribution < -0.4 is 0 Å². The second kappa shape index (κ2) is 7.37. The predicted molar refractivity (Wildman–Crippen MR) is 76.0 cm³/mol. The van der Waals surface area contributed by atoms with Crippen LogP contribution in [0.3, 0.4) is 0 Å². The molecule has 1 aromatic carbocycles. The molecule has 7 heteroatoms. The van der Waals surface area contributed by atoms with E-state index in [4.69, 9.17) is 4.74 Å². The maximum atomic E-state index is 12.4. The van der Waals surface area contributed by atoms with Gasteiger partial charge in [0.2, 0.25) is 0 Å². The molecule has 0 radical (unpaired) electrons. The summed E-state index contributed by atoms with van der Waals surface area (Å²) in [6, 6.07) is 4.31. The Labute approximate surface area is 122 Å². The largest absolute Gasteiger partial charge is 0.465 e. The van der Waals surface area contributed by atoms with Crippen molar-refractivity contribution >= 4 is 17.6 Å². The SMILES string of the molecule is CCOC(=O)CN(CC)C(=O)c1cc(C)ccc1[N+](=O)[O-]. The van der Waals surface area contributed by atoms with E-state index in [1.807, 2.05) is 0 Å². The highest BCUT2D eigenvalue weighted by atomic mass is 16.6. The summed E-state index contributed by atoms with van der Waals surface area (Å²) < 4.78 is 4.79. The van der Waals surface area contributed by atoms with Gasteiger partial charge in [-0.05, 0) is 32.4 Å². The molecule has 0 atom stereocenters. The third-order valence-corrected chi connectivity index (χ3v) is 2.87. The molecule has 0 aromatic heterocycles. The third kappa shape index (κ3) is 4.27. The number of ether oxygens (including phenoxy) is 1. The Hall–Kier alpha value is -2.44. The topological polar surface area (TPSA) is 89.8 Å². The fourth-order valence-electron chi connectivity index (χ4n) is 1.84. The first-order chi connectivity index (χ1) is 9.90. The van der Waals surface area contributed by atoms with Gasteiger partial charge in [0.15, 0.2) is 0 Å². The second-order valence-electron chi connectivity index (χ2n) is 4.40. The van der Waals surface area contributed by atoms with Gasteiger partial charge in [0.05, 0.1) is 11.5 Å². The van der Waals surface area contributed by atoms with E-state index in [1.54, 1.807) is 26.8 Å². The fourth-order valence-corrected chi connectivity index (χ4v) is 1.84. The number of likely N-dealkylation sites (N-methyl/N-ethyl adjacent to an activating group) is 1. The van der Waals surface area contributed by atoms with Gasteiger partial charge in [-0.25, -0.2) is 0 Å². The van der Waals surface area contributed by atoms with E-state index < -0.39 is 16.8 Å². The lowest BCUT2D eigenvalue weighted by Gasteiger charge is -2.19. The summed E-state index contributed by atoms with van der Waals surface area (Å²) in [4.78, 5) is 35.5. The molecule has 21 heavy (non-hydrogen) atoms. The van der Waals surface area contributed by atoms with E-state index in [0.29, 0.717) is 0 Å². The predicted octanol–water partition coefficient (Wildman–Crippen LogP) is 1.93. The summed E-state index contributed by atoms with van der Waals surface area (Å²) in [6.07, 6.45) is 0. The number of carbonyl (C=O) groups excluding carboxylic acids is 2. The van der Waals surface area contributed by atoms with Crippen LogP contribution in [0.25, 0.3) is 0 Å². The number of nitro benzene ring substituents is 1. The van der Waals surface area contributed by atoms with Gasteiger partial charge in [-0.15, -0.1) is 0 Å². The van der Waals surface area contributed by atoms with E-state index in [9.17, 15) is 19.7 Å². The molecule has 7 nitrogen and oxygen atoms in total. The first-order valence-electron chi connectivity index (χ1n) is 6.60. The highest BCUT2D eigenvalue weighted by molar-refractivity contribution is 5.99. The van der Waals surface area contributed by atoms with Gasteiger partial charge in [-0.2, -0.15) is 0 Å². The standard InChI is InChI=1S/C14H18N2O5/c1-4-15(9-13(17)21-5-2)14(18)11-8-10(3)6-7-12(11)16(19)20/h6-8H,4-5,9H2,1-3H3. The summed E-state index contributed by atoms with van der Waals surface area (Å²) in [5, 5.41) is 11.0. The Balaban J connectivity index is 3.07. The summed E-state index contributed by atoms with van der Waals surface area (Å²) in [5.41, 5.74) is 0.440. The Morgan fingerprint density at radius 3 is 2.52 bits per heavy atom. The Morgan fingerprint density at radius 2 is 2.00 bits per heavy atom. The molecule has 1 amide bonds. The lowest BCUT2D eigenvalue weighted by atomic mass is 10.1. The monoisotopic (exact) mass is 294 g/mol. The summed E-state index contributed by atoms with van der Waals surface area (Å²) in [6.45, 7) is 5.34. The molecule has 0 saturated carbocycles. The molecule has 0 spiro atoms. The minimum Gasteiger partial charge on any atom is -0.465 e. The van der Waals surface area contributed by atoms with Crippen LogP contribution >= 0.6 is 0 Å². The minimum atomic E-state index is -0.606. The van der Waals surface area contributed by atoms with E-state index in [0.717, 1.165) is 5.56 Å². The average molecular weight is 294 g/mol. The molecule has 0 aliphatic carbocycles. The highest BCUT2D eigenvalue weighted by Crippen LogP contribution is 2.21. The van der Waals surface area contributed by atoms with Crippen LogP contribution in [0.2, 0.25) is 0 Å². The quantitative estimate of drug-likeness (QED) is 0.454. The van der Waals surface area contributed by atoms with E-state index in [1.165, 1.54) is 17.0 Å². The molecule has 0 N–H and O–H groups in total. The van der Waals surface area contributed by atoms with Gasteiger partial charge in [0, 0.05) is 12.6 Å². The fraction of sp³-hybridized carbons (Fsp3) is 0.429. The maximum absolute atomic E-state index is 12.4. The Bertz CT molecular complexity index is 556. The van der Waals surface area contributed by atoms with E-state index in [2.05, 4.69) is 0 Å². The number of aryl methyl sites for hydroxylation is 1. The molecule has 0 fully saturated rings. The Morgan fingerprint density at radius 1 is 1.33 bits per heavy atom. The number of esters is 1. The van der Waals surface area contributed by atoms with E-state index >= 15 is 0 Å². The van der Waals surface area contributed by atoms with Gasteiger partial charge in [0.1, 0.15) is 12.1 Å². The molecule has 0 aliphatic heterocycles. The zero-order valence-corrected chi connectivity index (χ0v) is 12.3. The highest BCUT2D eigenvalue weighted by Gasteiger charge is 2.25. The third-order valence-electron chi connectivity index (χ3n) is 2.87. The molecule has 0 unspecified atom stereocenters. The van der Waals surface area contributed by atoms with Crippen molar-refractivity contribution in [2.24, 2.45) is 0 Å². The normalized spacial score (nSPS) is 10.0. The number of hydrogen-bond donors (Lipinski definition) is 0. The van der Waals surface area contributed by atoms with Crippen molar-refractivity contribution in [3.8, 4) is 0 Å². The number of benzene rings is 1. The van der Waals surface area contributed by atoms with Gasteiger partial charge >= 0.3 is 5.97 Å². The molecule has 0 bridgehead atoms. The number of nitrogens with zero attached hydrogens (tertiary/aromatic N) is 2. The molecular formula is C14H18N2O5. The molecule has 114 valence electrons. The van der Waals surface area contributed by atoms with Crippen molar-refractivity contribution in [3.05, 3.63) is 39.4 Å². The van der Waals surface area contributed by atoms with Crippen molar-refractivity contribution < 1.29 is 19.2 Å². The molecule has 1 rings (SSSR count). The number of rotatable bonds is 6. The first-order valence-corrected chi connectivity index (χ1v) is 6.60. The van der Waals surface area contributed by atoms with Crippen LogP contribution in [0, 0.1) is 17.0 Å². The zero-order chi connectivity index (χ0) is 16.0. The van der Waals surface area contributed by atoms with Crippen molar-refractivity contribution in [2.75, 3.05) is 19.7 Å². The molecular weight excluding hydrogens is 276 g/mol. The maximum Gasteiger partial charge on any atom is 0.325 e. The summed E-state index contributed by atoms with van der Waals surface area (Å²) in [7, 11) is 0. The van der Waals surface area contributed by atoms with Crippen LogP contribution in [-0.4, -0.2) is 41.4 Å². The van der Waals surface area contributed by atoms with E-state index in [-0.39, 0.29) is 30.9 Å². The van der Waals surface area contributed by atoms with Crippen molar-refractivity contribution in [3.63, 3.8) is 0 Å². The van der Waals surface area contributed by atoms with Crippen LogP contribution in [0.4, 0.5) is 5.69 Å². The van der Waals surface area contributed by atoms with Crippen molar-refractivity contribution in [2.45, 2.75) is 20.8 Å². The smallest absolute Gasteiger partial charge is 0.325 e. The number of amides is 1. The van der Waals surface area contributed by atoms with Crippen LogP contribution in [-0.2, 0) is 9.53 Å². The minimum absolute atomic E-state index is 0.0221. The van der Waals surface area contributed by atoms with Crippen molar-refractivity contribution in [1.82, 2.24) is 4.90 Å². The van der Waals surface area contributed by atoms with Gasteiger partial charge in [0.25, 0.3) is 11.6 Å². The van der Waals surface area contributed by atoms with Crippen molar-refractivity contribution in [1.29, 1.82) is 0 Å². The zero-order valence-electron chi connectivity index (χ0n) is 12.3. The lowest BCUT2D eigenvalue weighted by molar-refractivity contribution is -0.385. The number of carbonyl (C=O) groups is 2. The first kappa shape index (κ1) is 16.6. The van der Waals surface area contributed by atoms with Gasteiger partial charge in [-0.3, -0.25) is 19.7 Å². The molecule has 1 aromatic rings. The number of hydrogen-bond acceptors (Lipinski definition) is 5. The summed E-state index contributed by atoms with van der Waals surface area (Å²) in [5.74, 6) is -1.09.